The molecule has 5 nitrogen and oxygen atoms in total. The summed E-state index contributed by atoms with van der Waals surface area (Å²) >= 11 is 2.79. The number of nitrogens with two attached hydrogens (primary N) is 1. The molecule has 0 amide bonds. The average molecular weight is 280 g/mol. The van der Waals surface area contributed by atoms with Crippen LogP contribution < -0.4 is 11.3 Å². The van der Waals surface area contributed by atoms with Gasteiger partial charge in [-0.1, -0.05) is 17.8 Å². The molecule has 0 aromatic carbocycles. The van der Waals surface area contributed by atoms with Gasteiger partial charge >= 0.3 is 0 Å². The third-order valence-corrected chi connectivity index (χ3v) is 3.72. The average Bonchev–Trinajstić information content (AvgIpc) is 2.82. The summed E-state index contributed by atoms with van der Waals surface area (Å²) in [5.41, 5.74) is 6.34. The smallest absolute Gasteiger partial charge is 0.258 e. The lowest BCUT2D eigenvalue weighted by molar-refractivity contribution is 1.04. The van der Waals surface area contributed by atoms with E-state index in [-0.39, 0.29) is 5.56 Å². The molecular formula is C11H12N4OS2. The molecule has 0 spiro atoms. The molecular weight excluding hydrogens is 268 g/mol. The van der Waals surface area contributed by atoms with Crippen LogP contribution in [0.2, 0.25) is 0 Å². The first-order valence-corrected chi connectivity index (χ1v) is 7.06. The maximum Gasteiger partial charge on any atom is 0.258 e. The summed E-state index contributed by atoms with van der Waals surface area (Å²) in [6.07, 6.45) is 3.39. The molecule has 0 aliphatic rings. The molecule has 2 heterocycles. The Morgan fingerprint density at radius 3 is 3.33 bits per heavy atom. The van der Waals surface area contributed by atoms with Gasteiger partial charge in [-0.05, 0) is 0 Å². The molecule has 94 valence electrons. The monoisotopic (exact) mass is 280 g/mol. The van der Waals surface area contributed by atoms with Gasteiger partial charge in [-0.15, -0.1) is 17.9 Å². The Balaban J connectivity index is 2.12. The molecule has 2 N–H and O–H groups in total. The molecule has 0 radical (unpaired) electrons. The maximum atomic E-state index is 11.7. The number of amidine groups is 1. The van der Waals surface area contributed by atoms with Gasteiger partial charge in [0.15, 0.2) is 10.1 Å². The van der Waals surface area contributed by atoms with Gasteiger partial charge in [0.05, 0.1) is 12.2 Å². The lowest BCUT2D eigenvalue weighted by Crippen LogP contribution is -2.13. The fraction of sp³-hybridized carbons (Fsp3) is 0.182. The van der Waals surface area contributed by atoms with E-state index in [4.69, 9.17) is 5.73 Å². The normalized spacial score (nSPS) is 11.9. The topological polar surface area (TPSA) is 72.8 Å². The molecule has 2 aromatic rings. The van der Waals surface area contributed by atoms with E-state index in [1.54, 1.807) is 12.3 Å². The minimum absolute atomic E-state index is 0.0709. The molecule has 0 bridgehead atoms. The van der Waals surface area contributed by atoms with Crippen LogP contribution in [-0.2, 0) is 5.75 Å². The van der Waals surface area contributed by atoms with Crippen molar-refractivity contribution in [2.45, 2.75) is 5.75 Å². The van der Waals surface area contributed by atoms with Crippen molar-refractivity contribution < 1.29 is 0 Å². The van der Waals surface area contributed by atoms with Crippen LogP contribution in [0.4, 0.5) is 0 Å². The van der Waals surface area contributed by atoms with Gasteiger partial charge in [0.1, 0.15) is 0 Å². The van der Waals surface area contributed by atoms with Crippen molar-refractivity contribution >= 4 is 33.2 Å². The molecule has 7 heteroatoms. The molecule has 0 aliphatic heterocycles. The van der Waals surface area contributed by atoms with Gasteiger partial charge in [-0.2, -0.15) is 0 Å². The molecule has 0 unspecified atom stereocenters. The van der Waals surface area contributed by atoms with Crippen molar-refractivity contribution in [3.05, 3.63) is 46.3 Å². The number of thioether (sulfide) groups is 1. The SMILES string of the molecule is C=CCN=C(N)SCc1cc(=O)n2ccsc2n1. The molecule has 0 saturated carbocycles. The van der Waals surface area contributed by atoms with Gasteiger partial charge in [0.2, 0.25) is 0 Å². The standard InChI is InChI=1S/C11H12N4OS2/c1-2-3-13-10(12)18-7-8-6-9(16)15-4-5-17-11(15)14-8/h2,4-6H,1,3,7H2,(H2,12,13). The van der Waals surface area contributed by atoms with Gasteiger partial charge in [-0.25, -0.2) is 4.98 Å². The number of fused-ring (bicyclic) bond motifs is 1. The zero-order chi connectivity index (χ0) is 13.0. The van der Waals surface area contributed by atoms with Crippen molar-refractivity contribution in [1.29, 1.82) is 0 Å². The van der Waals surface area contributed by atoms with Crippen molar-refractivity contribution in [2.75, 3.05) is 6.54 Å². The van der Waals surface area contributed by atoms with Crippen LogP contribution in [0.15, 0.2) is 40.1 Å². The van der Waals surface area contributed by atoms with Gasteiger partial charge in [0.25, 0.3) is 5.56 Å². The van der Waals surface area contributed by atoms with Crippen molar-refractivity contribution in [1.82, 2.24) is 9.38 Å². The number of hydrogen-bond acceptors (Lipinski definition) is 5. The van der Waals surface area contributed by atoms with Crippen molar-refractivity contribution in [3.63, 3.8) is 0 Å². The Hall–Kier alpha value is -1.60. The minimum atomic E-state index is -0.0709. The maximum absolute atomic E-state index is 11.7. The zero-order valence-corrected chi connectivity index (χ0v) is 11.2. The van der Waals surface area contributed by atoms with Gasteiger partial charge < -0.3 is 5.73 Å². The number of hydrogen-bond donors (Lipinski definition) is 1. The molecule has 2 rings (SSSR count). The summed E-state index contributed by atoms with van der Waals surface area (Å²) in [7, 11) is 0. The second-order valence-electron chi connectivity index (χ2n) is 3.40. The van der Waals surface area contributed by atoms with E-state index in [2.05, 4.69) is 16.6 Å². The first-order valence-electron chi connectivity index (χ1n) is 5.20. The summed E-state index contributed by atoms with van der Waals surface area (Å²) in [5, 5.41) is 2.31. The first-order chi connectivity index (χ1) is 8.70. The number of thiazole rings is 1. The fourth-order valence-electron chi connectivity index (χ4n) is 1.31. The predicted molar refractivity (Wildman–Crippen MR) is 77.3 cm³/mol. The second-order valence-corrected chi connectivity index (χ2v) is 5.27. The number of rotatable bonds is 4. The highest BCUT2D eigenvalue weighted by Crippen LogP contribution is 2.12. The Morgan fingerprint density at radius 2 is 2.56 bits per heavy atom. The van der Waals surface area contributed by atoms with Crippen LogP contribution >= 0.6 is 23.1 Å². The lowest BCUT2D eigenvalue weighted by atomic mass is 10.4. The number of aromatic nitrogens is 2. The number of aliphatic imine (C=N–C) groups is 1. The van der Waals surface area contributed by atoms with Crippen LogP contribution in [0.1, 0.15) is 5.69 Å². The third-order valence-electron chi connectivity index (χ3n) is 2.10. The molecule has 0 aliphatic carbocycles. The van der Waals surface area contributed by atoms with Gasteiger partial charge in [-0.3, -0.25) is 14.2 Å². The van der Waals surface area contributed by atoms with E-state index in [0.29, 0.717) is 28.1 Å². The largest absolute Gasteiger partial charge is 0.379 e. The molecule has 18 heavy (non-hydrogen) atoms. The Morgan fingerprint density at radius 1 is 1.72 bits per heavy atom. The highest BCUT2D eigenvalue weighted by Gasteiger charge is 2.04. The van der Waals surface area contributed by atoms with Gasteiger partial charge in [0, 0.05) is 23.4 Å². The summed E-state index contributed by atoms with van der Waals surface area (Å²) in [4.78, 5) is 20.9. The highest BCUT2D eigenvalue weighted by molar-refractivity contribution is 8.13. The quantitative estimate of drug-likeness (QED) is 0.523. The Labute approximate surface area is 112 Å². The molecule has 0 fully saturated rings. The Kier molecular flexibility index (Phi) is 4.16. The van der Waals surface area contributed by atoms with Crippen LogP contribution in [0, 0.1) is 0 Å². The van der Waals surface area contributed by atoms with Crippen LogP contribution in [0.5, 0.6) is 0 Å². The van der Waals surface area contributed by atoms with E-state index in [1.165, 1.54) is 33.6 Å². The zero-order valence-electron chi connectivity index (χ0n) is 9.57. The second kappa shape index (κ2) is 5.83. The molecule has 0 saturated heterocycles. The number of nitrogens with zero attached hydrogens (tertiary/aromatic N) is 3. The third kappa shape index (κ3) is 2.99. The summed E-state index contributed by atoms with van der Waals surface area (Å²) in [6, 6.07) is 1.52. The van der Waals surface area contributed by atoms with E-state index >= 15 is 0 Å². The summed E-state index contributed by atoms with van der Waals surface area (Å²) in [5.74, 6) is 0.538. The van der Waals surface area contributed by atoms with Crippen LogP contribution in [-0.4, -0.2) is 21.1 Å². The van der Waals surface area contributed by atoms with Crippen LogP contribution in [0.25, 0.3) is 4.96 Å². The van der Waals surface area contributed by atoms with E-state index in [9.17, 15) is 4.79 Å². The van der Waals surface area contributed by atoms with E-state index < -0.39 is 0 Å². The molecule has 2 aromatic heterocycles. The summed E-state index contributed by atoms with van der Waals surface area (Å²) in [6.45, 7) is 4.06. The van der Waals surface area contributed by atoms with E-state index in [0.717, 1.165) is 0 Å². The van der Waals surface area contributed by atoms with E-state index in [1.807, 2.05) is 5.38 Å². The van der Waals surface area contributed by atoms with Crippen LogP contribution in [0.3, 0.4) is 0 Å². The fourth-order valence-corrected chi connectivity index (χ4v) is 2.66. The Bertz CT molecular complexity index is 644. The van der Waals surface area contributed by atoms with Crippen molar-refractivity contribution in [3.8, 4) is 0 Å². The highest BCUT2D eigenvalue weighted by atomic mass is 32.2. The lowest BCUT2D eigenvalue weighted by Gasteiger charge is -2.00. The predicted octanol–water partition coefficient (Wildman–Crippen LogP) is 1.49. The minimum Gasteiger partial charge on any atom is -0.379 e. The molecule has 0 atom stereocenters. The first kappa shape index (κ1) is 12.8. The van der Waals surface area contributed by atoms with Crippen molar-refractivity contribution in [2.24, 2.45) is 10.7 Å². The summed E-state index contributed by atoms with van der Waals surface area (Å²) < 4.78 is 1.52.